The van der Waals surface area contributed by atoms with Gasteiger partial charge >= 0.3 is 6.03 Å². The minimum Gasteiger partial charge on any atom is -0.493 e. The molecule has 5 aromatic carbocycles. The van der Waals surface area contributed by atoms with Crippen molar-refractivity contribution in [2.45, 2.75) is 148 Å². The molecule has 9 aromatic rings. The number of benzene rings is 5. The molecule has 0 radical (unpaired) electrons. The second kappa shape index (κ2) is 33.1. The van der Waals surface area contributed by atoms with Crippen molar-refractivity contribution in [1.82, 2.24) is 54.9 Å². The molecule has 1 saturated carbocycles. The van der Waals surface area contributed by atoms with E-state index < -0.39 is 0 Å². The van der Waals surface area contributed by atoms with Crippen molar-refractivity contribution in [3.8, 4) is 23.0 Å². The van der Waals surface area contributed by atoms with Gasteiger partial charge in [-0.1, -0.05) is 68.5 Å². The Morgan fingerprint density at radius 1 is 0.788 bits per heavy atom. The number of halogens is 1. The highest BCUT2D eigenvalue weighted by Gasteiger charge is 2.43. The number of aliphatic imine (C=N–C) groups is 2. The highest BCUT2D eigenvalue weighted by molar-refractivity contribution is 6.10. The predicted molar refractivity (Wildman–Crippen MR) is 407 cm³/mol. The van der Waals surface area contributed by atoms with Gasteiger partial charge in [-0.25, -0.2) is 38.8 Å². The number of amidine groups is 1. The van der Waals surface area contributed by atoms with E-state index in [-0.39, 0.29) is 53.4 Å². The summed E-state index contributed by atoms with van der Waals surface area (Å²) in [6, 6.07) is 28.5. The number of urea groups is 1. The third kappa shape index (κ3) is 16.2. The van der Waals surface area contributed by atoms with Crippen LogP contribution < -0.4 is 45.4 Å². The monoisotopic (exact) mass is 1410 g/mol. The molecule has 1 saturated heterocycles. The summed E-state index contributed by atoms with van der Waals surface area (Å²) < 4.78 is 36.6. The van der Waals surface area contributed by atoms with Gasteiger partial charge in [0.05, 0.1) is 64.5 Å². The molecule has 15 rings (SSSR count). The lowest BCUT2D eigenvalue weighted by molar-refractivity contribution is -0.124. The van der Waals surface area contributed by atoms with Gasteiger partial charge in [-0.15, -0.1) is 0 Å². The van der Waals surface area contributed by atoms with Crippen LogP contribution in [0.4, 0.5) is 26.4 Å². The van der Waals surface area contributed by atoms with Crippen LogP contribution in [0.15, 0.2) is 141 Å². The van der Waals surface area contributed by atoms with Crippen LogP contribution in [0, 0.1) is 12.7 Å². The number of aryl methyl sites for hydroxylation is 2. The maximum absolute atomic E-state index is 13.0. The van der Waals surface area contributed by atoms with Crippen molar-refractivity contribution in [3.63, 3.8) is 0 Å². The number of nitrogens with one attached hydrogen (secondary N) is 4. The Bertz CT molecular complexity index is 4750. The average molecular weight is 1410 g/mol. The SMILES string of the molecule is CCCC1=NN(C)C2C(=O)NC(Cc3ccc(N(CC)CC)cc3)=NC12.COc1ccc2c(C3CCc4ccc(C)cc43)ncnc2c1OC.COc1ccc2c(NC(C)CC3=CC(C)=NC3)ncnc2c1OC.O=C(Nc1ccc(F)cc1)N1CC(c2nc3c(cnn3C3CCCCC3)c(=O)[nH]2)C1. The Morgan fingerprint density at radius 3 is 2.14 bits per heavy atom. The molecule has 4 atom stereocenters. The second-order valence-corrected chi connectivity index (χ2v) is 27.2. The van der Waals surface area contributed by atoms with E-state index in [9.17, 15) is 18.8 Å². The van der Waals surface area contributed by atoms with Gasteiger partial charge in [-0.2, -0.15) is 10.2 Å². The van der Waals surface area contributed by atoms with Gasteiger partial charge in [-0.05, 0) is 162 Å². The summed E-state index contributed by atoms with van der Waals surface area (Å²) in [6.45, 7) is 16.5. The maximum Gasteiger partial charge on any atom is 0.321 e. The number of aromatic nitrogens is 8. The molecule has 6 aliphatic rings. The summed E-state index contributed by atoms with van der Waals surface area (Å²) in [5.41, 5.74) is 13.5. The topological polar surface area (TPSA) is 269 Å². The molecule has 104 heavy (non-hydrogen) atoms. The first kappa shape index (κ1) is 72.9. The number of methoxy groups -OCH3 is 4. The van der Waals surface area contributed by atoms with Gasteiger partial charge in [0, 0.05) is 79.5 Å². The van der Waals surface area contributed by atoms with Gasteiger partial charge in [0.25, 0.3) is 11.5 Å². The van der Waals surface area contributed by atoms with E-state index in [1.807, 2.05) is 42.9 Å². The summed E-state index contributed by atoms with van der Waals surface area (Å²) in [7, 11) is 8.37. The summed E-state index contributed by atoms with van der Waals surface area (Å²) in [6.07, 6.45) is 18.3. The van der Waals surface area contributed by atoms with E-state index in [4.69, 9.17) is 28.9 Å². The standard InChI is InChI=1S/C21H23FN6O2.C20H29N5O.C20H20N2O2.C18H22N4O2/c22-14-6-8-15(9-7-14)24-21(30)27-11-13(12-27)18-25-19-17(20(29)26-18)10-23-28(19)16-4-2-1-3-5-16;1-5-8-16-18-19(24(4)23-16)20(26)22-17(21-18)13-14-9-11-15(12-10-14)25(6-2)7-3;1-12-4-5-13-6-7-14(16(13)10-12)18-15-8-9-17(23-2)20(24-3)19(15)22-11-21-18;1-11-7-13(9-19-11)8-12(2)22-18-14-5-6-15(23-3)17(24-4)16(14)20-10-21-18/h6-10,13,16H,1-5,11-12H2,(H,24,30)(H,25,26,29);9-12,18-19H,5-8,13H2,1-4H3,(H,21,22,26);4-5,8-11,14H,6-7H2,1-3H3;5-7,10,12H,8-9H2,1-4H3,(H,20,21,22). The smallest absolute Gasteiger partial charge is 0.321 e. The molecule has 2 fully saturated rings. The quantitative estimate of drug-likeness (QED) is 0.0586. The number of fused-ring (bicyclic) bond motifs is 5. The van der Waals surface area contributed by atoms with Gasteiger partial charge in [-0.3, -0.25) is 24.6 Å². The van der Waals surface area contributed by atoms with Crippen molar-refractivity contribution >= 4 is 79.2 Å². The van der Waals surface area contributed by atoms with Gasteiger partial charge in [0.15, 0.2) is 34.7 Å². The zero-order chi connectivity index (χ0) is 73.1. The van der Waals surface area contributed by atoms with Crippen LogP contribution in [0.2, 0.25) is 0 Å². The van der Waals surface area contributed by atoms with E-state index in [0.717, 1.165) is 121 Å². The van der Waals surface area contributed by atoms with Crippen LogP contribution in [0.25, 0.3) is 32.8 Å². The lowest BCUT2D eigenvalue weighted by Gasteiger charge is -2.38. The number of likely N-dealkylation sites (N-methyl/N-ethyl adjacent to an activating group) is 1. The minimum atomic E-state index is -0.352. The Morgan fingerprint density at radius 2 is 1.48 bits per heavy atom. The molecule has 8 heterocycles. The van der Waals surface area contributed by atoms with Gasteiger partial charge in [0.2, 0.25) is 0 Å². The van der Waals surface area contributed by atoms with Crippen molar-refractivity contribution in [1.29, 1.82) is 0 Å². The van der Waals surface area contributed by atoms with Crippen LogP contribution in [0.3, 0.4) is 0 Å². The molecule has 4 aliphatic heterocycles. The number of H-pyrrole nitrogens is 1. The first-order valence-corrected chi connectivity index (χ1v) is 36.1. The normalized spacial score (nSPS) is 17.8. The average Bonchev–Trinajstić information content (AvgIpc) is 1.49. The first-order valence-electron chi connectivity index (χ1n) is 36.1. The van der Waals surface area contributed by atoms with Crippen molar-refractivity contribution in [2.75, 3.05) is 83.7 Å². The summed E-state index contributed by atoms with van der Waals surface area (Å²) in [4.78, 5) is 76.1. The Labute approximate surface area is 605 Å². The molecule has 0 bridgehead atoms. The number of hydrogen-bond donors (Lipinski definition) is 4. The van der Waals surface area contributed by atoms with Crippen LogP contribution in [-0.4, -0.2) is 165 Å². The number of hydrazone groups is 1. The Kier molecular flexibility index (Phi) is 23.2. The fourth-order valence-corrected chi connectivity index (χ4v) is 14.7. The summed E-state index contributed by atoms with van der Waals surface area (Å²) >= 11 is 0. The van der Waals surface area contributed by atoms with E-state index in [1.165, 1.54) is 71.5 Å². The lowest BCUT2D eigenvalue weighted by Crippen LogP contribution is -2.54. The minimum absolute atomic E-state index is 0.00267. The zero-order valence-electron chi connectivity index (χ0n) is 61.3. The number of carbonyl (C=O) groups is 2. The highest BCUT2D eigenvalue weighted by atomic mass is 19.1. The van der Waals surface area contributed by atoms with Gasteiger partial charge in [0.1, 0.15) is 58.4 Å². The number of nitrogens with zero attached hydrogens (tertiary/aromatic N) is 13. The molecule has 4 unspecified atom stereocenters. The number of aromatic amines is 1. The predicted octanol–water partition coefficient (Wildman–Crippen LogP) is 13.1. The van der Waals surface area contributed by atoms with Crippen LogP contribution in [0.1, 0.15) is 144 Å². The largest absolute Gasteiger partial charge is 0.493 e. The zero-order valence-corrected chi connectivity index (χ0v) is 61.3. The van der Waals surface area contributed by atoms with Crippen molar-refractivity contribution in [2.24, 2.45) is 15.1 Å². The third-order valence-electron chi connectivity index (χ3n) is 20.1. The fourth-order valence-electron chi connectivity index (χ4n) is 14.7. The second-order valence-electron chi connectivity index (χ2n) is 27.2. The number of carbonyl (C=O) groups excluding carboxylic acids is 2. The number of anilines is 3. The molecule has 0 spiro atoms. The lowest BCUT2D eigenvalue weighted by atomic mass is 9.93. The van der Waals surface area contributed by atoms with Crippen LogP contribution in [0.5, 0.6) is 23.0 Å². The molecule has 4 aromatic heterocycles. The number of allylic oxidation sites excluding steroid dienone is 1. The molecule has 4 N–H and O–H groups in total. The molecule has 24 nitrogen and oxygen atoms in total. The van der Waals surface area contributed by atoms with Crippen molar-refractivity contribution in [3.05, 3.63) is 171 Å². The maximum atomic E-state index is 13.0. The van der Waals surface area contributed by atoms with Crippen LogP contribution >= 0.6 is 0 Å². The number of rotatable bonds is 19. The third-order valence-corrected chi connectivity index (χ3v) is 20.1. The molecule has 3 amide bonds. The first-order chi connectivity index (χ1) is 50.5. The number of hydrogen-bond acceptors (Lipinski definition) is 19. The van der Waals surface area contributed by atoms with E-state index >= 15 is 0 Å². The number of amides is 3. The molecule has 2 aliphatic carbocycles. The molecular formula is C79H94FN17O7. The van der Waals surface area contributed by atoms with Crippen LogP contribution in [-0.2, 0) is 17.6 Å². The highest BCUT2D eigenvalue weighted by Crippen LogP contribution is 2.43. The summed E-state index contributed by atoms with van der Waals surface area (Å²) in [5.74, 6) is 4.69. The number of likely N-dealkylation sites (tertiary alicyclic amines) is 1. The van der Waals surface area contributed by atoms with Crippen molar-refractivity contribution < 1.29 is 32.9 Å². The van der Waals surface area contributed by atoms with E-state index in [2.05, 4.69) is 144 Å². The Balaban J connectivity index is 0.000000131. The summed E-state index contributed by atoms with van der Waals surface area (Å²) in [5, 5.41) is 22.4. The fraction of sp³-hybridized carbons (Fsp3) is 0.418. The van der Waals surface area contributed by atoms with E-state index in [1.54, 1.807) is 57.2 Å². The molecular weight excluding hydrogens is 1320 g/mol. The van der Waals surface area contributed by atoms with Gasteiger partial charge < -0.3 is 49.7 Å². The number of ether oxygens (including phenoxy) is 4. The molecule has 544 valence electrons. The molecule has 25 heteroatoms. The Hall–Kier alpha value is -10.9. The van der Waals surface area contributed by atoms with E-state index in [0.29, 0.717) is 71.0 Å².